The summed E-state index contributed by atoms with van der Waals surface area (Å²) in [6, 6.07) is 14.0. The van der Waals surface area contributed by atoms with Gasteiger partial charge in [-0.2, -0.15) is 0 Å². The van der Waals surface area contributed by atoms with Gasteiger partial charge < -0.3 is 19.9 Å². The van der Waals surface area contributed by atoms with Gasteiger partial charge in [0.05, 0.1) is 12.4 Å². The molecule has 4 rings (SSSR count). The zero-order valence-corrected chi connectivity index (χ0v) is 20.8. The number of rotatable bonds is 8. The van der Waals surface area contributed by atoms with Gasteiger partial charge in [0, 0.05) is 49.9 Å². The van der Waals surface area contributed by atoms with E-state index < -0.39 is 0 Å². The van der Waals surface area contributed by atoms with Crippen LogP contribution in [0.4, 0.5) is 17.2 Å². The Morgan fingerprint density at radius 2 is 1.71 bits per heavy atom. The van der Waals surface area contributed by atoms with Crippen LogP contribution in [0.15, 0.2) is 59.9 Å². The van der Waals surface area contributed by atoms with Gasteiger partial charge in [0.15, 0.2) is 5.82 Å². The molecule has 0 spiro atoms. The Morgan fingerprint density at radius 3 is 2.44 bits per heavy atom. The summed E-state index contributed by atoms with van der Waals surface area (Å²) >= 11 is 1.42. The van der Waals surface area contributed by atoms with Crippen molar-refractivity contribution in [2.24, 2.45) is 0 Å². The van der Waals surface area contributed by atoms with Crippen LogP contribution < -0.4 is 19.9 Å². The van der Waals surface area contributed by atoms with Gasteiger partial charge in [0.2, 0.25) is 5.91 Å². The number of hydrogen-bond donors (Lipinski definition) is 1. The Hall–Kier alpha value is -3.26. The van der Waals surface area contributed by atoms with E-state index in [1.165, 1.54) is 28.6 Å². The lowest BCUT2D eigenvalue weighted by atomic mass is 10.1. The van der Waals surface area contributed by atoms with E-state index in [4.69, 9.17) is 4.74 Å². The summed E-state index contributed by atoms with van der Waals surface area (Å²) in [7, 11) is 0. The highest BCUT2D eigenvalue weighted by molar-refractivity contribution is 8.00. The molecule has 0 saturated carbocycles. The van der Waals surface area contributed by atoms with Crippen LogP contribution in [0.1, 0.15) is 18.1 Å². The van der Waals surface area contributed by atoms with Crippen molar-refractivity contribution in [3.63, 3.8) is 0 Å². The molecule has 0 unspecified atom stereocenters. The normalized spacial score (nSPS) is 13.6. The Morgan fingerprint density at radius 1 is 1.00 bits per heavy atom. The molecular weight excluding hydrogens is 446 g/mol. The second-order valence-corrected chi connectivity index (χ2v) is 9.21. The van der Waals surface area contributed by atoms with E-state index in [1.54, 1.807) is 12.4 Å². The fraction of sp³-hybridized carbons (Fsp3) is 0.346. The van der Waals surface area contributed by atoms with Crippen LogP contribution >= 0.6 is 11.8 Å². The Balaban J connectivity index is 1.34. The summed E-state index contributed by atoms with van der Waals surface area (Å²) < 4.78 is 5.44. The van der Waals surface area contributed by atoms with Crippen molar-refractivity contribution in [3.8, 4) is 5.75 Å². The number of aryl methyl sites for hydroxylation is 2. The number of carbonyl (C=O) groups excluding carboxylic acids is 1. The summed E-state index contributed by atoms with van der Waals surface area (Å²) in [6.07, 6.45) is 3.40. The SMILES string of the molecule is CCOc1ccc(NC(=O)CSc2nccnc2N2CCN(c3cc(C)ccc3C)CC2)cc1. The third kappa shape index (κ3) is 5.99. The highest BCUT2D eigenvalue weighted by Gasteiger charge is 2.22. The van der Waals surface area contributed by atoms with Gasteiger partial charge in [-0.3, -0.25) is 4.79 Å². The van der Waals surface area contributed by atoms with E-state index in [1.807, 2.05) is 31.2 Å². The Kier molecular flexibility index (Phi) is 7.90. The van der Waals surface area contributed by atoms with Gasteiger partial charge in [-0.25, -0.2) is 9.97 Å². The van der Waals surface area contributed by atoms with Gasteiger partial charge in [0.1, 0.15) is 10.8 Å². The average molecular weight is 478 g/mol. The molecule has 2 aromatic carbocycles. The second kappa shape index (κ2) is 11.2. The van der Waals surface area contributed by atoms with Crippen LogP contribution in [-0.2, 0) is 4.79 Å². The first-order chi connectivity index (χ1) is 16.5. The first-order valence-electron chi connectivity index (χ1n) is 11.6. The number of amides is 1. The number of carbonyl (C=O) groups is 1. The van der Waals surface area contributed by atoms with Crippen molar-refractivity contribution in [2.45, 2.75) is 25.8 Å². The minimum Gasteiger partial charge on any atom is -0.494 e. The zero-order valence-electron chi connectivity index (χ0n) is 20.0. The van der Waals surface area contributed by atoms with E-state index in [2.05, 4.69) is 57.1 Å². The van der Waals surface area contributed by atoms with Crippen molar-refractivity contribution in [3.05, 3.63) is 66.0 Å². The van der Waals surface area contributed by atoms with Crippen molar-refractivity contribution < 1.29 is 9.53 Å². The average Bonchev–Trinajstić information content (AvgIpc) is 2.86. The van der Waals surface area contributed by atoms with Crippen LogP contribution in [0.25, 0.3) is 0 Å². The molecule has 0 radical (unpaired) electrons. The largest absolute Gasteiger partial charge is 0.494 e. The fourth-order valence-corrected chi connectivity index (χ4v) is 4.77. The van der Waals surface area contributed by atoms with Gasteiger partial charge in [-0.05, 0) is 62.2 Å². The molecule has 0 atom stereocenters. The van der Waals surface area contributed by atoms with E-state index in [0.29, 0.717) is 6.61 Å². The molecule has 0 bridgehead atoms. The number of anilines is 3. The molecule has 34 heavy (non-hydrogen) atoms. The lowest BCUT2D eigenvalue weighted by Crippen LogP contribution is -2.47. The molecule has 2 heterocycles. The molecule has 1 aliphatic heterocycles. The summed E-state index contributed by atoms with van der Waals surface area (Å²) in [5.74, 6) is 1.82. The first kappa shape index (κ1) is 23.9. The number of nitrogens with one attached hydrogen (secondary N) is 1. The van der Waals surface area contributed by atoms with Crippen LogP contribution in [0.3, 0.4) is 0 Å². The van der Waals surface area contributed by atoms with Crippen LogP contribution in [0, 0.1) is 13.8 Å². The monoisotopic (exact) mass is 477 g/mol. The molecular formula is C26H31N5O2S. The van der Waals surface area contributed by atoms with Crippen LogP contribution in [0.5, 0.6) is 5.75 Å². The summed E-state index contributed by atoms with van der Waals surface area (Å²) in [5, 5.41) is 3.71. The maximum absolute atomic E-state index is 12.5. The van der Waals surface area contributed by atoms with Crippen LogP contribution in [-0.4, -0.2) is 54.4 Å². The maximum atomic E-state index is 12.5. The number of aromatic nitrogens is 2. The van der Waals surface area contributed by atoms with Gasteiger partial charge in [-0.15, -0.1) is 0 Å². The molecule has 178 valence electrons. The van der Waals surface area contributed by atoms with Gasteiger partial charge in [0.25, 0.3) is 0 Å². The minimum atomic E-state index is -0.0782. The molecule has 7 nitrogen and oxygen atoms in total. The predicted molar refractivity (Wildman–Crippen MR) is 139 cm³/mol. The molecule has 1 saturated heterocycles. The molecule has 0 aliphatic carbocycles. The molecule has 8 heteroatoms. The Bertz CT molecular complexity index is 1110. The van der Waals surface area contributed by atoms with Crippen molar-refractivity contribution in [2.75, 3.05) is 53.7 Å². The molecule has 1 aromatic heterocycles. The molecule has 1 fully saturated rings. The highest BCUT2D eigenvalue weighted by Crippen LogP contribution is 2.29. The number of hydrogen-bond acceptors (Lipinski definition) is 7. The Labute approximate surface area is 205 Å². The van der Waals surface area contributed by atoms with Crippen LogP contribution in [0.2, 0.25) is 0 Å². The zero-order chi connectivity index (χ0) is 23.9. The van der Waals surface area contributed by atoms with Crippen molar-refractivity contribution in [1.29, 1.82) is 0 Å². The predicted octanol–water partition coefficient (Wildman–Crippen LogP) is 4.55. The van der Waals surface area contributed by atoms with E-state index >= 15 is 0 Å². The van der Waals surface area contributed by atoms with Crippen molar-refractivity contribution in [1.82, 2.24) is 9.97 Å². The van der Waals surface area contributed by atoms with Gasteiger partial charge >= 0.3 is 0 Å². The molecule has 1 N–H and O–H groups in total. The summed E-state index contributed by atoms with van der Waals surface area (Å²) in [4.78, 5) is 26.3. The molecule has 1 amide bonds. The van der Waals surface area contributed by atoms with Gasteiger partial charge in [-0.1, -0.05) is 23.9 Å². The van der Waals surface area contributed by atoms with E-state index in [0.717, 1.165) is 48.5 Å². The number of ether oxygens (including phenoxy) is 1. The van der Waals surface area contributed by atoms with Crippen molar-refractivity contribution >= 4 is 34.9 Å². The smallest absolute Gasteiger partial charge is 0.234 e. The van der Waals surface area contributed by atoms with E-state index in [9.17, 15) is 4.79 Å². The topological polar surface area (TPSA) is 70.6 Å². The number of piperazine rings is 1. The fourth-order valence-electron chi connectivity index (χ4n) is 3.99. The highest BCUT2D eigenvalue weighted by atomic mass is 32.2. The maximum Gasteiger partial charge on any atom is 0.234 e. The third-order valence-electron chi connectivity index (χ3n) is 5.72. The number of thioether (sulfide) groups is 1. The summed E-state index contributed by atoms with van der Waals surface area (Å²) in [6.45, 7) is 10.4. The molecule has 1 aliphatic rings. The summed E-state index contributed by atoms with van der Waals surface area (Å²) in [5.41, 5.74) is 4.63. The second-order valence-electron chi connectivity index (χ2n) is 8.24. The lowest BCUT2D eigenvalue weighted by Gasteiger charge is -2.37. The minimum absolute atomic E-state index is 0.0782. The first-order valence-corrected chi connectivity index (χ1v) is 12.6. The molecule has 3 aromatic rings. The number of benzene rings is 2. The third-order valence-corrected chi connectivity index (χ3v) is 6.69. The van der Waals surface area contributed by atoms with E-state index in [-0.39, 0.29) is 11.7 Å². The lowest BCUT2D eigenvalue weighted by molar-refractivity contribution is -0.113. The number of nitrogens with zero attached hydrogens (tertiary/aromatic N) is 4. The quantitative estimate of drug-likeness (QED) is 0.477. The standard InChI is InChI=1S/C26H31N5O2S/c1-4-33-22-9-7-21(8-10-22)29-24(32)18-34-26-25(27-11-12-28-26)31-15-13-30(14-16-31)23-17-19(2)5-6-20(23)3/h5-12,17H,4,13-16,18H2,1-3H3,(H,29,32).